The van der Waals surface area contributed by atoms with Crippen LogP contribution in [-0.2, 0) is 4.79 Å². The van der Waals surface area contributed by atoms with Crippen LogP contribution in [-0.4, -0.2) is 16.7 Å². The lowest BCUT2D eigenvalue weighted by Gasteiger charge is -2.07. The second kappa shape index (κ2) is 7.11. The number of nitrogens with one attached hydrogen (secondary N) is 1. The lowest BCUT2D eigenvalue weighted by Crippen LogP contribution is -2.18. The zero-order chi connectivity index (χ0) is 15.2. The molecule has 0 heterocycles. The van der Waals surface area contributed by atoms with Crippen molar-refractivity contribution in [2.75, 3.05) is 5.32 Å². The number of benzene rings is 2. The molecule has 0 bridgehead atoms. The second-order valence-corrected chi connectivity index (χ2v) is 5.17. The summed E-state index contributed by atoms with van der Waals surface area (Å²) in [6.07, 6.45) is 0. The molecule has 0 atom stereocenters. The molecule has 108 valence electrons. The molecule has 0 aliphatic rings. The standard InChI is InChI=1S/C15H11Cl2NO3/c16-13(17)14(19)18-11-6-8-12(9-7-11)21-15(20)10-4-2-1-3-5-10/h1-9,13H,(H,18,19). The van der Waals surface area contributed by atoms with Gasteiger partial charge in [-0.15, -0.1) is 0 Å². The summed E-state index contributed by atoms with van der Waals surface area (Å²) in [5, 5.41) is 2.51. The Morgan fingerprint density at radius 1 is 0.952 bits per heavy atom. The minimum absolute atomic E-state index is 0.371. The molecule has 0 spiro atoms. The molecule has 0 fully saturated rings. The van der Waals surface area contributed by atoms with E-state index in [2.05, 4.69) is 5.32 Å². The van der Waals surface area contributed by atoms with Gasteiger partial charge in [0.05, 0.1) is 5.56 Å². The van der Waals surface area contributed by atoms with Crippen molar-refractivity contribution in [1.82, 2.24) is 0 Å². The maximum atomic E-state index is 11.8. The largest absolute Gasteiger partial charge is 0.423 e. The van der Waals surface area contributed by atoms with Crippen LogP contribution < -0.4 is 10.1 Å². The van der Waals surface area contributed by atoms with Gasteiger partial charge in [-0.1, -0.05) is 41.4 Å². The number of anilines is 1. The third-order valence-corrected chi connectivity index (χ3v) is 2.94. The van der Waals surface area contributed by atoms with E-state index in [9.17, 15) is 9.59 Å². The molecule has 2 rings (SSSR count). The van der Waals surface area contributed by atoms with Gasteiger partial charge in [-0.05, 0) is 36.4 Å². The molecule has 2 aromatic rings. The zero-order valence-corrected chi connectivity index (χ0v) is 12.3. The summed E-state index contributed by atoms with van der Waals surface area (Å²) in [6, 6.07) is 14.9. The fraction of sp³-hybridized carbons (Fsp3) is 0.0667. The molecular weight excluding hydrogens is 313 g/mol. The number of amides is 1. The summed E-state index contributed by atoms with van der Waals surface area (Å²) in [7, 11) is 0. The van der Waals surface area contributed by atoms with Gasteiger partial charge < -0.3 is 10.1 Å². The van der Waals surface area contributed by atoms with Crippen molar-refractivity contribution in [3.8, 4) is 5.75 Å². The van der Waals surface area contributed by atoms with E-state index in [1.54, 1.807) is 48.5 Å². The topological polar surface area (TPSA) is 55.4 Å². The van der Waals surface area contributed by atoms with Crippen molar-refractivity contribution >= 4 is 40.8 Å². The fourth-order valence-corrected chi connectivity index (χ4v) is 1.65. The van der Waals surface area contributed by atoms with Crippen molar-refractivity contribution < 1.29 is 14.3 Å². The van der Waals surface area contributed by atoms with Crippen LogP contribution in [0.3, 0.4) is 0 Å². The van der Waals surface area contributed by atoms with Crippen molar-refractivity contribution in [3.63, 3.8) is 0 Å². The van der Waals surface area contributed by atoms with E-state index >= 15 is 0 Å². The number of ether oxygens (including phenoxy) is 1. The number of hydrogen-bond acceptors (Lipinski definition) is 3. The molecule has 1 N–H and O–H groups in total. The summed E-state index contributed by atoms with van der Waals surface area (Å²) < 4.78 is 5.20. The highest BCUT2D eigenvalue weighted by Crippen LogP contribution is 2.18. The van der Waals surface area contributed by atoms with Crippen molar-refractivity contribution in [2.24, 2.45) is 0 Å². The molecule has 0 aromatic heterocycles. The Morgan fingerprint density at radius 3 is 2.14 bits per heavy atom. The number of alkyl halides is 2. The normalized spacial score (nSPS) is 10.2. The highest BCUT2D eigenvalue weighted by atomic mass is 35.5. The fourth-order valence-electron chi connectivity index (χ4n) is 1.54. The average Bonchev–Trinajstić information content (AvgIpc) is 2.50. The first-order chi connectivity index (χ1) is 10.1. The highest BCUT2D eigenvalue weighted by Gasteiger charge is 2.12. The van der Waals surface area contributed by atoms with Crippen LogP contribution in [0, 0.1) is 0 Å². The van der Waals surface area contributed by atoms with Gasteiger partial charge in [0.15, 0.2) is 4.84 Å². The maximum Gasteiger partial charge on any atom is 0.343 e. The van der Waals surface area contributed by atoms with Crippen LogP contribution in [0.5, 0.6) is 5.75 Å². The molecule has 0 unspecified atom stereocenters. The molecule has 0 aliphatic carbocycles. The maximum absolute atomic E-state index is 11.8. The zero-order valence-electron chi connectivity index (χ0n) is 10.8. The molecular formula is C15H11Cl2NO3. The smallest absolute Gasteiger partial charge is 0.343 e. The third kappa shape index (κ3) is 4.48. The number of carbonyl (C=O) groups is 2. The molecule has 21 heavy (non-hydrogen) atoms. The van der Waals surface area contributed by atoms with E-state index in [1.165, 1.54) is 0 Å². The molecule has 2 aromatic carbocycles. The quantitative estimate of drug-likeness (QED) is 0.531. The van der Waals surface area contributed by atoms with Crippen LogP contribution in [0.15, 0.2) is 54.6 Å². The first kappa shape index (κ1) is 15.4. The number of halogens is 2. The van der Waals surface area contributed by atoms with Gasteiger partial charge in [0, 0.05) is 5.69 Å². The van der Waals surface area contributed by atoms with E-state index in [0.29, 0.717) is 17.0 Å². The molecule has 0 saturated carbocycles. The number of carbonyl (C=O) groups excluding carboxylic acids is 2. The summed E-state index contributed by atoms with van der Waals surface area (Å²) in [5.41, 5.74) is 0.966. The molecule has 4 nitrogen and oxygen atoms in total. The minimum Gasteiger partial charge on any atom is -0.423 e. The van der Waals surface area contributed by atoms with Crippen LogP contribution >= 0.6 is 23.2 Å². The molecule has 0 saturated heterocycles. The van der Waals surface area contributed by atoms with Crippen LogP contribution in [0.25, 0.3) is 0 Å². The highest BCUT2D eigenvalue weighted by molar-refractivity contribution is 6.54. The number of hydrogen-bond donors (Lipinski definition) is 1. The molecule has 0 radical (unpaired) electrons. The van der Waals surface area contributed by atoms with E-state index in [4.69, 9.17) is 27.9 Å². The lowest BCUT2D eigenvalue weighted by molar-refractivity contribution is -0.114. The Balaban J connectivity index is 2.00. The van der Waals surface area contributed by atoms with Crippen LogP contribution in [0.2, 0.25) is 0 Å². The first-order valence-electron chi connectivity index (χ1n) is 6.02. The van der Waals surface area contributed by atoms with E-state index in [1.807, 2.05) is 6.07 Å². The minimum atomic E-state index is -1.14. The summed E-state index contributed by atoms with van der Waals surface area (Å²) in [6.45, 7) is 0. The van der Waals surface area contributed by atoms with E-state index in [-0.39, 0.29) is 0 Å². The average molecular weight is 324 g/mol. The van der Waals surface area contributed by atoms with Crippen molar-refractivity contribution in [1.29, 1.82) is 0 Å². The van der Waals surface area contributed by atoms with Gasteiger partial charge in [-0.3, -0.25) is 4.79 Å². The van der Waals surface area contributed by atoms with E-state index < -0.39 is 16.7 Å². The van der Waals surface area contributed by atoms with Crippen LogP contribution in [0.4, 0.5) is 5.69 Å². The number of rotatable bonds is 4. The van der Waals surface area contributed by atoms with Crippen molar-refractivity contribution in [3.05, 3.63) is 60.2 Å². The van der Waals surface area contributed by atoms with Gasteiger partial charge in [0.1, 0.15) is 5.75 Å². The molecule has 6 heteroatoms. The molecule has 1 amide bonds. The Labute approximate surface area is 131 Å². The predicted molar refractivity (Wildman–Crippen MR) is 82.0 cm³/mol. The van der Waals surface area contributed by atoms with Gasteiger partial charge in [-0.25, -0.2) is 4.79 Å². The SMILES string of the molecule is O=C(Oc1ccc(NC(=O)C(Cl)Cl)cc1)c1ccccc1. The second-order valence-electron chi connectivity index (χ2n) is 4.07. The first-order valence-corrected chi connectivity index (χ1v) is 6.90. The summed E-state index contributed by atoms with van der Waals surface area (Å²) in [5.74, 6) is -0.600. The third-order valence-electron chi connectivity index (χ3n) is 2.54. The van der Waals surface area contributed by atoms with Gasteiger partial charge >= 0.3 is 5.97 Å². The monoisotopic (exact) mass is 323 g/mol. The number of esters is 1. The van der Waals surface area contributed by atoms with Gasteiger partial charge in [0.25, 0.3) is 5.91 Å². The van der Waals surface area contributed by atoms with Gasteiger partial charge in [-0.2, -0.15) is 0 Å². The Morgan fingerprint density at radius 2 is 1.57 bits per heavy atom. The predicted octanol–water partition coefficient (Wildman–Crippen LogP) is 3.65. The summed E-state index contributed by atoms with van der Waals surface area (Å²) >= 11 is 10.9. The Kier molecular flexibility index (Phi) is 5.20. The van der Waals surface area contributed by atoms with Crippen LogP contribution in [0.1, 0.15) is 10.4 Å². The van der Waals surface area contributed by atoms with Crippen molar-refractivity contribution in [2.45, 2.75) is 4.84 Å². The lowest BCUT2D eigenvalue weighted by atomic mass is 10.2. The summed E-state index contributed by atoms with van der Waals surface area (Å²) in [4.78, 5) is 22.0. The Hall–Kier alpha value is -2.04. The molecule has 0 aliphatic heterocycles. The van der Waals surface area contributed by atoms with E-state index in [0.717, 1.165) is 0 Å². The Bertz CT molecular complexity index is 627. The van der Waals surface area contributed by atoms with Gasteiger partial charge in [0.2, 0.25) is 0 Å².